The van der Waals surface area contributed by atoms with Gasteiger partial charge in [-0.3, -0.25) is 4.90 Å². The molecule has 2 nitrogen and oxygen atoms in total. The third kappa shape index (κ3) is 2.99. The highest BCUT2D eigenvalue weighted by atomic mass is 32.2. The van der Waals surface area contributed by atoms with Gasteiger partial charge in [0, 0.05) is 18.3 Å². The molecule has 2 unspecified atom stereocenters. The van der Waals surface area contributed by atoms with E-state index in [9.17, 15) is 0 Å². The standard InChI is InChI=1S/C16H24N2S/c1-16(14-6-3-2-4-7-14)13-18(10-5-9-17-16)15-8-11-19-12-15/h2-4,6-7,15,17H,5,8-13H2,1H3. The third-order valence-corrected chi connectivity index (χ3v) is 5.63. The molecule has 2 aliphatic heterocycles. The molecule has 0 radical (unpaired) electrons. The maximum Gasteiger partial charge on any atom is 0.0535 e. The second-order valence-electron chi connectivity index (χ2n) is 5.97. The van der Waals surface area contributed by atoms with E-state index in [-0.39, 0.29) is 5.54 Å². The van der Waals surface area contributed by atoms with E-state index in [1.54, 1.807) is 0 Å². The molecule has 0 aromatic heterocycles. The van der Waals surface area contributed by atoms with Gasteiger partial charge < -0.3 is 5.32 Å². The topological polar surface area (TPSA) is 15.3 Å². The van der Waals surface area contributed by atoms with Crippen LogP contribution < -0.4 is 5.32 Å². The number of benzene rings is 1. The van der Waals surface area contributed by atoms with E-state index in [2.05, 4.69) is 59.2 Å². The van der Waals surface area contributed by atoms with E-state index in [1.807, 2.05) is 0 Å². The largest absolute Gasteiger partial charge is 0.307 e. The Morgan fingerprint density at radius 3 is 2.89 bits per heavy atom. The monoisotopic (exact) mass is 276 g/mol. The predicted octanol–water partition coefficient (Wildman–Crippen LogP) is 2.70. The van der Waals surface area contributed by atoms with E-state index in [1.165, 1.54) is 36.5 Å². The van der Waals surface area contributed by atoms with Crippen molar-refractivity contribution in [2.75, 3.05) is 31.1 Å². The van der Waals surface area contributed by atoms with Crippen LogP contribution in [0.5, 0.6) is 0 Å². The van der Waals surface area contributed by atoms with Crippen LogP contribution in [0.4, 0.5) is 0 Å². The van der Waals surface area contributed by atoms with Crippen LogP contribution in [-0.2, 0) is 5.54 Å². The molecule has 3 rings (SSSR count). The van der Waals surface area contributed by atoms with E-state index in [0.717, 1.165) is 19.1 Å². The van der Waals surface area contributed by atoms with Crippen molar-refractivity contribution in [3.8, 4) is 0 Å². The summed E-state index contributed by atoms with van der Waals surface area (Å²) in [6.07, 6.45) is 2.64. The normalized spacial score (nSPS) is 33.2. The SMILES string of the molecule is CC1(c2ccccc2)CN(C2CCSC2)CCCN1. The first-order valence-corrected chi connectivity index (χ1v) is 8.56. The van der Waals surface area contributed by atoms with Crippen molar-refractivity contribution in [2.24, 2.45) is 0 Å². The maximum atomic E-state index is 3.78. The summed E-state index contributed by atoms with van der Waals surface area (Å²) in [4.78, 5) is 2.73. The van der Waals surface area contributed by atoms with Crippen molar-refractivity contribution in [2.45, 2.75) is 31.3 Å². The van der Waals surface area contributed by atoms with Crippen molar-refractivity contribution in [3.63, 3.8) is 0 Å². The minimum Gasteiger partial charge on any atom is -0.307 e. The average Bonchev–Trinajstić information content (AvgIpc) is 2.90. The number of nitrogens with zero attached hydrogens (tertiary/aromatic N) is 1. The van der Waals surface area contributed by atoms with Crippen LogP contribution >= 0.6 is 11.8 Å². The van der Waals surface area contributed by atoms with Gasteiger partial charge in [0.25, 0.3) is 0 Å². The Bertz CT molecular complexity index is 402. The molecule has 19 heavy (non-hydrogen) atoms. The van der Waals surface area contributed by atoms with Gasteiger partial charge in [0.15, 0.2) is 0 Å². The van der Waals surface area contributed by atoms with Crippen molar-refractivity contribution < 1.29 is 0 Å². The lowest BCUT2D eigenvalue weighted by atomic mass is 9.91. The molecule has 2 aliphatic rings. The molecule has 1 N–H and O–H groups in total. The van der Waals surface area contributed by atoms with E-state index >= 15 is 0 Å². The molecule has 104 valence electrons. The zero-order valence-corrected chi connectivity index (χ0v) is 12.6. The van der Waals surface area contributed by atoms with Gasteiger partial charge in [0.1, 0.15) is 0 Å². The Hall–Kier alpha value is -0.510. The van der Waals surface area contributed by atoms with Crippen molar-refractivity contribution in [3.05, 3.63) is 35.9 Å². The van der Waals surface area contributed by atoms with Crippen LogP contribution in [0.15, 0.2) is 30.3 Å². The zero-order chi connectivity index (χ0) is 13.1. The summed E-state index contributed by atoms with van der Waals surface area (Å²) in [5.74, 6) is 2.67. The fourth-order valence-corrected chi connectivity index (χ4v) is 4.56. The van der Waals surface area contributed by atoms with E-state index < -0.39 is 0 Å². The summed E-state index contributed by atoms with van der Waals surface area (Å²) < 4.78 is 0. The summed E-state index contributed by atoms with van der Waals surface area (Å²) in [5.41, 5.74) is 1.53. The van der Waals surface area contributed by atoms with Crippen LogP contribution in [0.2, 0.25) is 0 Å². The first kappa shape index (κ1) is 13.5. The van der Waals surface area contributed by atoms with Crippen LogP contribution in [0, 0.1) is 0 Å². The number of rotatable bonds is 2. The van der Waals surface area contributed by atoms with Gasteiger partial charge in [0.2, 0.25) is 0 Å². The van der Waals surface area contributed by atoms with Gasteiger partial charge in [-0.25, -0.2) is 0 Å². The maximum absolute atomic E-state index is 3.78. The Kier molecular flexibility index (Phi) is 4.15. The molecule has 0 aliphatic carbocycles. The quantitative estimate of drug-likeness (QED) is 0.894. The van der Waals surface area contributed by atoms with E-state index in [4.69, 9.17) is 0 Å². The number of hydrogen-bond acceptors (Lipinski definition) is 3. The Morgan fingerprint density at radius 1 is 1.32 bits per heavy atom. The molecule has 0 spiro atoms. The molecule has 0 amide bonds. The van der Waals surface area contributed by atoms with Crippen molar-refractivity contribution >= 4 is 11.8 Å². The predicted molar refractivity (Wildman–Crippen MR) is 83.7 cm³/mol. The van der Waals surface area contributed by atoms with Gasteiger partial charge in [0.05, 0.1) is 5.54 Å². The van der Waals surface area contributed by atoms with Crippen molar-refractivity contribution in [1.82, 2.24) is 10.2 Å². The molecule has 2 atom stereocenters. The highest BCUT2D eigenvalue weighted by Gasteiger charge is 2.34. The molecule has 1 aromatic carbocycles. The molecule has 0 bridgehead atoms. The number of thioether (sulfide) groups is 1. The first-order valence-electron chi connectivity index (χ1n) is 7.40. The van der Waals surface area contributed by atoms with Crippen LogP contribution in [-0.4, -0.2) is 42.1 Å². The lowest BCUT2D eigenvalue weighted by Crippen LogP contribution is -2.49. The molecule has 2 fully saturated rings. The second kappa shape index (κ2) is 5.86. The molecular formula is C16H24N2S. The smallest absolute Gasteiger partial charge is 0.0535 e. The van der Waals surface area contributed by atoms with Gasteiger partial charge in [-0.05, 0) is 44.2 Å². The summed E-state index contributed by atoms with van der Waals surface area (Å²) in [6, 6.07) is 11.7. The van der Waals surface area contributed by atoms with Crippen molar-refractivity contribution in [1.29, 1.82) is 0 Å². The third-order valence-electron chi connectivity index (χ3n) is 4.49. The second-order valence-corrected chi connectivity index (χ2v) is 7.12. The summed E-state index contributed by atoms with van der Waals surface area (Å²) in [7, 11) is 0. The van der Waals surface area contributed by atoms with E-state index in [0.29, 0.717) is 0 Å². The number of hydrogen-bond donors (Lipinski definition) is 1. The summed E-state index contributed by atoms with van der Waals surface area (Å²) in [5, 5.41) is 3.78. The Morgan fingerprint density at radius 2 is 2.16 bits per heavy atom. The summed E-state index contributed by atoms with van der Waals surface area (Å²) >= 11 is 2.12. The molecule has 1 aromatic rings. The van der Waals surface area contributed by atoms with Crippen LogP contribution in [0.3, 0.4) is 0 Å². The first-order chi connectivity index (χ1) is 9.28. The fourth-order valence-electron chi connectivity index (χ4n) is 3.31. The zero-order valence-electron chi connectivity index (χ0n) is 11.8. The average molecular weight is 276 g/mol. The Labute approximate surface area is 121 Å². The van der Waals surface area contributed by atoms with Gasteiger partial charge >= 0.3 is 0 Å². The number of nitrogens with one attached hydrogen (secondary N) is 1. The minimum absolute atomic E-state index is 0.102. The molecule has 0 saturated carbocycles. The molecule has 2 saturated heterocycles. The lowest BCUT2D eigenvalue weighted by Gasteiger charge is -2.36. The molecule has 3 heteroatoms. The van der Waals surface area contributed by atoms with Gasteiger partial charge in [-0.2, -0.15) is 11.8 Å². The minimum atomic E-state index is 0.102. The fraction of sp³-hybridized carbons (Fsp3) is 0.625. The van der Waals surface area contributed by atoms with Gasteiger partial charge in [-0.1, -0.05) is 30.3 Å². The highest BCUT2D eigenvalue weighted by Crippen LogP contribution is 2.29. The molecular weight excluding hydrogens is 252 g/mol. The Balaban J connectivity index is 1.80. The summed E-state index contributed by atoms with van der Waals surface area (Å²) in [6.45, 7) is 5.88. The lowest BCUT2D eigenvalue weighted by molar-refractivity contribution is 0.175. The van der Waals surface area contributed by atoms with Crippen LogP contribution in [0.1, 0.15) is 25.3 Å². The molecule has 2 heterocycles. The van der Waals surface area contributed by atoms with Crippen LogP contribution in [0.25, 0.3) is 0 Å². The van der Waals surface area contributed by atoms with Gasteiger partial charge in [-0.15, -0.1) is 0 Å². The highest BCUT2D eigenvalue weighted by molar-refractivity contribution is 7.99.